The van der Waals surface area contributed by atoms with Gasteiger partial charge in [-0.25, -0.2) is 4.98 Å². The summed E-state index contributed by atoms with van der Waals surface area (Å²) in [5.74, 6) is 0. The van der Waals surface area contributed by atoms with E-state index < -0.39 is 0 Å². The fourth-order valence-electron chi connectivity index (χ4n) is 2.63. The van der Waals surface area contributed by atoms with Gasteiger partial charge in [0, 0.05) is 25.0 Å². The maximum atomic E-state index is 5.66. The van der Waals surface area contributed by atoms with Crippen molar-refractivity contribution in [2.75, 3.05) is 6.61 Å². The minimum atomic E-state index is 0.281. The van der Waals surface area contributed by atoms with Gasteiger partial charge in [-0.05, 0) is 18.1 Å². The molecule has 1 N–H and O–H groups in total. The van der Waals surface area contributed by atoms with Crippen LogP contribution >= 0.6 is 0 Å². The molecule has 0 saturated heterocycles. The van der Waals surface area contributed by atoms with E-state index in [2.05, 4.69) is 46.1 Å². The van der Waals surface area contributed by atoms with Crippen LogP contribution in [0.15, 0.2) is 43.0 Å². The average Bonchev–Trinajstić information content (AvgIpc) is 2.92. The molecule has 2 heterocycles. The normalized spacial score (nSPS) is 19.9. The van der Waals surface area contributed by atoms with Crippen LogP contribution < -0.4 is 5.32 Å². The van der Waals surface area contributed by atoms with Gasteiger partial charge >= 0.3 is 0 Å². The number of aromatic nitrogens is 2. The predicted octanol–water partition coefficient (Wildman–Crippen LogP) is 2.13. The molecule has 0 aliphatic carbocycles. The molecule has 0 amide bonds. The molecule has 4 nitrogen and oxygen atoms in total. The highest BCUT2D eigenvalue weighted by Crippen LogP contribution is 2.24. The van der Waals surface area contributed by atoms with Crippen molar-refractivity contribution in [3.63, 3.8) is 0 Å². The first-order chi connectivity index (χ1) is 9.33. The van der Waals surface area contributed by atoms with Crippen LogP contribution in [0.3, 0.4) is 0 Å². The third kappa shape index (κ3) is 2.85. The van der Waals surface area contributed by atoms with Crippen LogP contribution in [0, 0.1) is 0 Å². The highest BCUT2D eigenvalue weighted by Gasteiger charge is 2.21. The maximum absolute atomic E-state index is 5.66. The molecule has 1 aromatic carbocycles. The molecule has 2 atom stereocenters. The van der Waals surface area contributed by atoms with Crippen molar-refractivity contribution in [3.05, 3.63) is 54.1 Å². The summed E-state index contributed by atoms with van der Waals surface area (Å²) < 4.78 is 7.75. The standard InChI is InChI=1S/C15H19N3O/c1-12(8-18-7-6-16-11-18)17-15-10-19-9-13-4-2-3-5-14(13)15/h2-7,11-12,15,17H,8-10H2,1H3. The van der Waals surface area contributed by atoms with Crippen molar-refractivity contribution in [2.45, 2.75) is 32.2 Å². The highest BCUT2D eigenvalue weighted by atomic mass is 16.5. The molecule has 0 radical (unpaired) electrons. The smallest absolute Gasteiger partial charge is 0.0946 e. The summed E-state index contributed by atoms with van der Waals surface area (Å²) in [6.07, 6.45) is 5.65. The molecule has 1 aliphatic rings. The molecule has 3 rings (SSSR count). The van der Waals surface area contributed by atoms with Crippen molar-refractivity contribution in [1.82, 2.24) is 14.9 Å². The average molecular weight is 257 g/mol. The lowest BCUT2D eigenvalue weighted by Gasteiger charge is -2.29. The first-order valence-electron chi connectivity index (χ1n) is 6.70. The number of fused-ring (bicyclic) bond motifs is 1. The molecule has 0 saturated carbocycles. The predicted molar refractivity (Wildman–Crippen MR) is 73.7 cm³/mol. The Morgan fingerprint density at radius 1 is 1.47 bits per heavy atom. The van der Waals surface area contributed by atoms with Gasteiger partial charge in [-0.2, -0.15) is 0 Å². The molecular formula is C15H19N3O. The molecular weight excluding hydrogens is 238 g/mol. The van der Waals surface area contributed by atoms with Crippen LogP contribution in [-0.4, -0.2) is 22.2 Å². The number of rotatable bonds is 4. The van der Waals surface area contributed by atoms with E-state index in [1.54, 1.807) is 0 Å². The van der Waals surface area contributed by atoms with E-state index in [9.17, 15) is 0 Å². The SMILES string of the molecule is CC(Cn1ccnc1)NC1COCc2ccccc21. The Balaban J connectivity index is 1.67. The van der Waals surface area contributed by atoms with Gasteiger partial charge in [0.15, 0.2) is 0 Å². The first kappa shape index (κ1) is 12.4. The topological polar surface area (TPSA) is 39.1 Å². The molecule has 2 unspecified atom stereocenters. The van der Waals surface area contributed by atoms with Crippen molar-refractivity contribution in [1.29, 1.82) is 0 Å². The van der Waals surface area contributed by atoms with Crippen molar-refractivity contribution in [3.8, 4) is 0 Å². The summed E-state index contributed by atoms with van der Waals surface area (Å²) in [5, 5.41) is 3.64. The number of imidazole rings is 1. The van der Waals surface area contributed by atoms with Crippen LogP contribution in [0.5, 0.6) is 0 Å². The molecule has 4 heteroatoms. The number of nitrogens with one attached hydrogen (secondary N) is 1. The molecule has 0 bridgehead atoms. The fraction of sp³-hybridized carbons (Fsp3) is 0.400. The Hall–Kier alpha value is -1.65. The summed E-state index contributed by atoms with van der Waals surface area (Å²) in [5.41, 5.74) is 2.66. The van der Waals surface area contributed by atoms with Gasteiger partial charge in [0.05, 0.1) is 25.6 Å². The van der Waals surface area contributed by atoms with Crippen LogP contribution in [0.2, 0.25) is 0 Å². The molecule has 0 fully saturated rings. The number of hydrogen-bond donors (Lipinski definition) is 1. The van der Waals surface area contributed by atoms with Crippen molar-refractivity contribution >= 4 is 0 Å². The minimum absolute atomic E-state index is 0.281. The van der Waals surface area contributed by atoms with Gasteiger partial charge in [-0.1, -0.05) is 24.3 Å². The zero-order chi connectivity index (χ0) is 13.1. The van der Waals surface area contributed by atoms with Gasteiger partial charge in [-0.15, -0.1) is 0 Å². The molecule has 19 heavy (non-hydrogen) atoms. The van der Waals surface area contributed by atoms with Crippen molar-refractivity contribution in [2.24, 2.45) is 0 Å². The number of ether oxygens (including phenoxy) is 1. The zero-order valence-electron chi connectivity index (χ0n) is 11.1. The molecule has 100 valence electrons. The Bertz CT molecular complexity index is 524. The summed E-state index contributed by atoms with van der Waals surface area (Å²) >= 11 is 0. The van der Waals surface area contributed by atoms with Gasteiger partial charge in [0.25, 0.3) is 0 Å². The fourth-order valence-corrected chi connectivity index (χ4v) is 2.63. The summed E-state index contributed by atoms with van der Waals surface area (Å²) in [6, 6.07) is 9.15. The summed E-state index contributed by atoms with van der Waals surface area (Å²) in [6.45, 7) is 4.57. The summed E-state index contributed by atoms with van der Waals surface area (Å²) in [4.78, 5) is 4.07. The molecule has 0 spiro atoms. The second kappa shape index (κ2) is 5.55. The van der Waals surface area contributed by atoms with Crippen LogP contribution in [0.4, 0.5) is 0 Å². The number of benzene rings is 1. The van der Waals surface area contributed by atoms with Gasteiger partial charge in [0.2, 0.25) is 0 Å². The van der Waals surface area contributed by atoms with Crippen LogP contribution in [-0.2, 0) is 17.9 Å². The third-order valence-corrected chi connectivity index (χ3v) is 3.50. The van der Waals surface area contributed by atoms with E-state index in [-0.39, 0.29) is 6.04 Å². The highest BCUT2D eigenvalue weighted by molar-refractivity contribution is 5.31. The lowest BCUT2D eigenvalue weighted by molar-refractivity contribution is 0.0783. The Labute approximate surface area is 113 Å². The van der Waals surface area contributed by atoms with E-state index in [4.69, 9.17) is 4.74 Å². The molecule has 1 aliphatic heterocycles. The minimum Gasteiger partial charge on any atom is -0.375 e. The monoisotopic (exact) mass is 257 g/mol. The van der Waals surface area contributed by atoms with E-state index in [0.29, 0.717) is 6.04 Å². The largest absolute Gasteiger partial charge is 0.375 e. The van der Waals surface area contributed by atoms with Gasteiger partial charge in [-0.3, -0.25) is 0 Å². The lowest BCUT2D eigenvalue weighted by Crippen LogP contribution is -2.37. The van der Waals surface area contributed by atoms with E-state index in [1.807, 2.05) is 18.7 Å². The van der Waals surface area contributed by atoms with E-state index in [0.717, 1.165) is 19.8 Å². The Morgan fingerprint density at radius 2 is 2.37 bits per heavy atom. The maximum Gasteiger partial charge on any atom is 0.0946 e. The van der Waals surface area contributed by atoms with Crippen LogP contribution in [0.25, 0.3) is 0 Å². The Kier molecular flexibility index (Phi) is 3.62. The van der Waals surface area contributed by atoms with E-state index in [1.165, 1.54) is 11.1 Å². The number of hydrogen-bond acceptors (Lipinski definition) is 3. The zero-order valence-corrected chi connectivity index (χ0v) is 11.1. The number of nitrogens with zero attached hydrogens (tertiary/aromatic N) is 2. The molecule has 2 aromatic rings. The third-order valence-electron chi connectivity index (χ3n) is 3.50. The Morgan fingerprint density at radius 3 is 3.21 bits per heavy atom. The quantitative estimate of drug-likeness (QED) is 0.912. The second-order valence-corrected chi connectivity index (χ2v) is 5.09. The lowest BCUT2D eigenvalue weighted by atomic mass is 9.98. The summed E-state index contributed by atoms with van der Waals surface area (Å²) in [7, 11) is 0. The van der Waals surface area contributed by atoms with Gasteiger partial charge < -0.3 is 14.6 Å². The van der Waals surface area contributed by atoms with Crippen LogP contribution in [0.1, 0.15) is 24.1 Å². The second-order valence-electron chi connectivity index (χ2n) is 5.09. The molecule has 1 aromatic heterocycles. The van der Waals surface area contributed by atoms with Gasteiger partial charge in [0.1, 0.15) is 0 Å². The first-order valence-corrected chi connectivity index (χ1v) is 6.70. The van der Waals surface area contributed by atoms with Crippen molar-refractivity contribution < 1.29 is 4.74 Å². The van der Waals surface area contributed by atoms with E-state index >= 15 is 0 Å².